The van der Waals surface area contributed by atoms with Crippen molar-refractivity contribution in [3.63, 3.8) is 0 Å². The lowest BCUT2D eigenvalue weighted by atomic mass is 10.0. The number of carboxylic acid groups (broad SMARTS) is 1. The molecule has 0 aromatic heterocycles. The van der Waals surface area contributed by atoms with Gasteiger partial charge in [0.15, 0.2) is 11.5 Å². The first-order valence-corrected chi connectivity index (χ1v) is 6.32. The van der Waals surface area contributed by atoms with Gasteiger partial charge >= 0.3 is 12.1 Å². The van der Waals surface area contributed by atoms with Gasteiger partial charge in [-0.25, -0.2) is 9.59 Å². The molecule has 1 unspecified atom stereocenters. The smallest absolute Gasteiger partial charge is 0.408 e. The van der Waals surface area contributed by atoms with E-state index in [0.29, 0.717) is 0 Å². The first-order chi connectivity index (χ1) is 9.60. The molecule has 0 aliphatic rings. The summed E-state index contributed by atoms with van der Waals surface area (Å²) in [6.45, 7) is 4.97. The molecule has 4 N–H and O–H groups in total. The van der Waals surface area contributed by atoms with Crippen LogP contribution in [0.25, 0.3) is 0 Å². The van der Waals surface area contributed by atoms with Gasteiger partial charge in [0.05, 0.1) is 0 Å². The molecule has 0 fully saturated rings. The van der Waals surface area contributed by atoms with Gasteiger partial charge in [-0.05, 0) is 26.8 Å². The van der Waals surface area contributed by atoms with Gasteiger partial charge in [0.2, 0.25) is 0 Å². The Morgan fingerprint density at radius 1 is 1.29 bits per heavy atom. The Balaban J connectivity index is 2.82. The summed E-state index contributed by atoms with van der Waals surface area (Å²) in [6.07, 6.45) is -1.05. The number of carbonyl (C=O) groups excluding carboxylic acids is 1. The van der Waals surface area contributed by atoms with E-state index >= 15 is 0 Å². The van der Waals surface area contributed by atoms with E-state index in [1.165, 1.54) is 18.2 Å². The fraction of sp³-hybridized carbons (Fsp3) is 0.429. The van der Waals surface area contributed by atoms with Crippen molar-refractivity contribution in [2.24, 2.45) is 0 Å². The number of alkyl carbamates (subject to hydrolysis) is 1. The van der Waals surface area contributed by atoms with Crippen molar-refractivity contribution in [3.8, 4) is 11.5 Å². The molecule has 7 heteroatoms. The number of phenols is 2. The Bertz CT molecular complexity index is 535. The summed E-state index contributed by atoms with van der Waals surface area (Å²) in [5.41, 5.74) is -0.543. The van der Waals surface area contributed by atoms with Gasteiger partial charge in [-0.2, -0.15) is 0 Å². The molecule has 0 spiro atoms. The summed E-state index contributed by atoms with van der Waals surface area (Å²) in [4.78, 5) is 22.8. The third-order valence-electron chi connectivity index (χ3n) is 2.51. The highest BCUT2D eigenvalue weighted by Gasteiger charge is 2.25. The second kappa shape index (κ2) is 6.34. The summed E-state index contributed by atoms with van der Waals surface area (Å²) < 4.78 is 4.98. The maximum Gasteiger partial charge on any atom is 0.408 e. The van der Waals surface area contributed by atoms with Gasteiger partial charge in [-0.15, -0.1) is 0 Å². The lowest BCUT2D eigenvalue weighted by Gasteiger charge is -2.22. The van der Waals surface area contributed by atoms with Crippen molar-refractivity contribution in [3.05, 3.63) is 23.8 Å². The molecule has 0 heterocycles. The number of aromatic hydroxyl groups is 2. The van der Waals surface area contributed by atoms with Crippen LogP contribution in [0.4, 0.5) is 4.79 Å². The van der Waals surface area contributed by atoms with Gasteiger partial charge in [0.1, 0.15) is 11.6 Å². The van der Waals surface area contributed by atoms with Crippen LogP contribution in [0.3, 0.4) is 0 Å². The van der Waals surface area contributed by atoms with E-state index in [1.807, 2.05) is 0 Å². The molecule has 21 heavy (non-hydrogen) atoms. The summed E-state index contributed by atoms with van der Waals surface area (Å²) in [5.74, 6) is -2.03. The maximum atomic E-state index is 11.6. The standard InChI is InChI=1S/C14H19NO6/c1-14(2,3)21-13(20)15-9(12(18)19)7-8-5-4-6-10(16)11(8)17/h4-6,9,16-17H,7H2,1-3H3,(H,15,20)(H,18,19). The molecule has 7 nitrogen and oxygen atoms in total. The van der Waals surface area contributed by atoms with Crippen LogP contribution in [-0.2, 0) is 16.0 Å². The molecule has 1 aromatic carbocycles. The van der Waals surface area contributed by atoms with E-state index in [2.05, 4.69) is 5.32 Å². The monoisotopic (exact) mass is 297 g/mol. The summed E-state index contributed by atoms with van der Waals surface area (Å²) in [5, 5.41) is 30.4. The highest BCUT2D eigenvalue weighted by molar-refractivity contribution is 5.80. The number of hydrogen-bond donors (Lipinski definition) is 4. The van der Waals surface area contributed by atoms with Crippen LogP contribution >= 0.6 is 0 Å². The molecule has 1 aromatic rings. The van der Waals surface area contributed by atoms with Crippen LogP contribution in [0.2, 0.25) is 0 Å². The lowest BCUT2D eigenvalue weighted by molar-refractivity contribution is -0.139. The number of benzene rings is 1. The zero-order valence-electron chi connectivity index (χ0n) is 12.1. The van der Waals surface area contributed by atoms with Crippen LogP contribution in [0, 0.1) is 0 Å². The zero-order valence-corrected chi connectivity index (χ0v) is 12.1. The van der Waals surface area contributed by atoms with E-state index in [-0.39, 0.29) is 17.7 Å². The summed E-state index contributed by atoms with van der Waals surface area (Å²) >= 11 is 0. The quantitative estimate of drug-likeness (QED) is 0.627. The summed E-state index contributed by atoms with van der Waals surface area (Å²) in [6, 6.07) is 2.92. The molecule has 0 saturated carbocycles. The number of amides is 1. The topological polar surface area (TPSA) is 116 Å². The van der Waals surface area contributed by atoms with Gasteiger partial charge in [-0.1, -0.05) is 12.1 Å². The number of carbonyl (C=O) groups is 2. The number of para-hydroxylation sites is 1. The van der Waals surface area contributed by atoms with Crippen LogP contribution in [0.5, 0.6) is 11.5 Å². The highest BCUT2D eigenvalue weighted by Crippen LogP contribution is 2.29. The van der Waals surface area contributed by atoms with E-state index in [0.717, 1.165) is 0 Å². The predicted octanol–water partition coefficient (Wildman–Crippen LogP) is 1.62. The van der Waals surface area contributed by atoms with Crippen molar-refractivity contribution in [2.75, 3.05) is 0 Å². The third kappa shape index (κ3) is 5.21. The largest absolute Gasteiger partial charge is 0.504 e. The average Bonchev–Trinajstić information content (AvgIpc) is 2.31. The molecular formula is C14H19NO6. The van der Waals surface area contributed by atoms with Gasteiger partial charge in [0, 0.05) is 12.0 Å². The highest BCUT2D eigenvalue weighted by atomic mass is 16.6. The number of rotatable bonds is 4. The number of hydrogen-bond acceptors (Lipinski definition) is 5. The van der Waals surface area contributed by atoms with Gasteiger partial charge < -0.3 is 25.4 Å². The number of phenolic OH excluding ortho intramolecular Hbond substituents is 2. The fourth-order valence-electron chi connectivity index (χ4n) is 1.61. The van der Waals surface area contributed by atoms with Crippen LogP contribution in [-0.4, -0.2) is 39.0 Å². The van der Waals surface area contributed by atoms with E-state index < -0.39 is 29.5 Å². The number of carboxylic acids is 1. The molecular weight excluding hydrogens is 278 g/mol. The second-order valence-electron chi connectivity index (χ2n) is 5.53. The number of aliphatic carboxylic acids is 1. The fourth-order valence-corrected chi connectivity index (χ4v) is 1.61. The van der Waals surface area contributed by atoms with Crippen LogP contribution in [0.15, 0.2) is 18.2 Å². The number of nitrogens with one attached hydrogen (secondary N) is 1. The van der Waals surface area contributed by atoms with Crippen LogP contribution in [0.1, 0.15) is 26.3 Å². The predicted molar refractivity (Wildman–Crippen MR) is 74.3 cm³/mol. The average molecular weight is 297 g/mol. The SMILES string of the molecule is CC(C)(C)OC(=O)NC(Cc1cccc(O)c1O)C(=O)O. The minimum absolute atomic E-state index is 0.186. The Morgan fingerprint density at radius 3 is 2.43 bits per heavy atom. The molecule has 0 radical (unpaired) electrons. The zero-order chi connectivity index (χ0) is 16.2. The maximum absolute atomic E-state index is 11.6. The molecule has 1 atom stereocenters. The van der Waals surface area contributed by atoms with E-state index in [4.69, 9.17) is 9.84 Å². The van der Waals surface area contributed by atoms with Crippen molar-refractivity contribution >= 4 is 12.1 Å². The first-order valence-electron chi connectivity index (χ1n) is 6.32. The van der Waals surface area contributed by atoms with Crippen molar-refractivity contribution in [1.29, 1.82) is 0 Å². The molecule has 116 valence electrons. The molecule has 0 bridgehead atoms. The minimum Gasteiger partial charge on any atom is -0.504 e. The second-order valence-corrected chi connectivity index (χ2v) is 5.53. The lowest BCUT2D eigenvalue weighted by Crippen LogP contribution is -2.44. The third-order valence-corrected chi connectivity index (χ3v) is 2.51. The van der Waals surface area contributed by atoms with Crippen LogP contribution < -0.4 is 5.32 Å². The number of ether oxygens (including phenoxy) is 1. The molecule has 0 saturated heterocycles. The van der Waals surface area contributed by atoms with Crippen molar-refractivity contribution < 1.29 is 29.6 Å². The Morgan fingerprint density at radius 2 is 1.90 bits per heavy atom. The minimum atomic E-state index is -1.28. The van der Waals surface area contributed by atoms with Gasteiger partial charge in [0.25, 0.3) is 0 Å². The van der Waals surface area contributed by atoms with E-state index in [1.54, 1.807) is 20.8 Å². The molecule has 0 aliphatic carbocycles. The van der Waals surface area contributed by atoms with Gasteiger partial charge in [-0.3, -0.25) is 0 Å². The molecule has 1 amide bonds. The molecule has 0 aliphatic heterocycles. The first kappa shape index (κ1) is 16.6. The Hall–Kier alpha value is -2.44. The Labute approximate surface area is 122 Å². The molecule has 1 rings (SSSR count). The normalized spacial score (nSPS) is 12.5. The van der Waals surface area contributed by atoms with E-state index in [9.17, 15) is 19.8 Å². The van der Waals surface area contributed by atoms with Crippen molar-refractivity contribution in [1.82, 2.24) is 5.32 Å². The summed E-state index contributed by atoms with van der Waals surface area (Å²) in [7, 11) is 0. The van der Waals surface area contributed by atoms with Crippen molar-refractivity contribution in [2.45, 2.75) is 38.8 Å². The Kier molecular flexibility index (Phi) is 5.02.